The molecule has 1 fully saturated rings. The van der Waals surface area contributed by atoms with E-state index in [-0.39, 0.29) is 18.5 Å². The maximum atomic E-state index is 13.0. The molecular formula is C23H26N2O4. The molecule has 0 radical (unpaired) electrons. The van der Waals surface area contributed by atoms with Gasteiger partial charge in [-0.15, -0.1) is 0 Å². The standard InChI is InChI=1S/C23H26N2O4/c26-20-12-22-21(28-15-29-22)11-19(20)13-24-8-5-17(6-9-24)23(27)25-10-7-16-3-1-2-4-18(16)14-25/h1-4,11-12,17,26H,5-10,13-15H2. The van der Waals surface area contributed by atoms with Gasteiger partial charge in [0.2, 0.25) is 12.7 Å². The smallest absolute Gasteiger partial charge is 0.231 e. The van der Waals surface area contributed by atoms with Gasteiger partial charge in [0.05, 0.1) is 0 Å². The Labute approximate surface area is 170 Å². The molecule has 0 aromatic heterocycles. The summed E-state index contributed by atoms with van der Waals surface area (Å²) >= 11 is 0. The van der Waals surface area contributed by atoms with Crippen LogP contribution in [0.3, 0.4) is 0 Å². The molecule has 29 heavy (non-hydrogen) atoms. The van der Waals surface area contributed by atoms with Gasteiger partial charge >= 0.3 is 0 Å². The molecule has 5 rings (SSSR count). The summed E-state index contributed by atoms with van der Waals surface area (Å²) in [5, 5.41) is 10.3. The number of phenols is 1. The monoisotopic (exact) mass is 394 g/mol. The minimum atomic E-state index is 0.0989. The highest BCUT2D eigenvalue weighted by Gasteiger charge is 2.30. The summed E-state index contributed by atoms with van der Waals surface area (Å²) in [5.74, 6) is 1.92. The maximum Gasteiger partial charge on any atom is 0.231 e. The second-order valence-electron chi connectivity index (χ2n) is 8.16. The van der Waals surface area contributed by atoms with Crippen LogP contribution in [0.1, 0.15) is 29.5 Å². The molecule has 3 aliphatic heterocycles. The molecular weight excluding hydrogens is 368 g/mol. The van der Waals surface area contributed by atoms with Crippen LogP contribution in [0.15, 0.2) is 36.4 Å². The van der Waals surface area contributed by atoms with Crippen molar-refractivity contribution in [2.75, 3.05) is 26.4 Å². The number of ether oxygens (including phenoxy) is 2. The lowest BCUT2D eigenvalue weighted by Gasteiger charge is -2.36. The molecule has 0 aliphatic carbocycles. The molecule has 0 atom stereocenters. The zero-order chi connectivity index (χ0) is 19.8. The van der Waals surface area contributed by atoms with Gasteiger partial charge in [-0.2, -0.15) is 0 Å². The first-order valence-electron chi connectivity index (χ1n) is 10.4. The predicted molar refractivity (Wildman–Crippen MR) is 108 cm³/mol. The second kappa shape index (κ2) is 7.59. The molecule has 6 heteroatoms. The average Bonchev–Trinajstić information content (AvgIpc) is 3.21. The van der Waals surface area contributed by atoms with Crippen molar-refractivity contribution in [2.45, 2.75) is 32.4 Å². The third kappa shape index (κ3) is 3.65. The fraction of sp³-hybridized carbons (Fsp3) is 0.435. The molecule has 3 heterocycles. The summed E-state index contributed by atoms with van der Waals surface area (Å²) in [7, 11) is 0. The first kappa shape index (κ1) is 18.3. The SMILES string of the molecule is O=C(C1CCN(Cc2cc3c(cc2O)OCO3)CC1)N1CCc2ccccc2C1. The van der Waals surface area contributed by atoms with Crippen molar-refractivity contribution >= 4 is 5.91 Å². The molecule has 0 saturated carbocycles. The Morgan fingerprint density at radius 2 is 1.76 bits per heavy atom. The molecule has 0 bridgehead atoms. The summed E-state index contributed by atoms with van der Waals surface area (Å²) in [6.45, 7) is 4.12. The first-order chi connectivity index (χ1) is 14.2. The number of aromatic hydroxyl groups is 1. The van der Waals surface area contributed by atoms with Gasteiger partial charge in [0.25, 0.3) is 0 Å². The Kier molecular flexibility index (Phi) is 4.79. The van der Waals surface area contributed by atoms with Crippen LogP contribution < -0.4 is 9.47 Å². The highest BCUT2D eigenvalue weighted by Crippen LogP contribution is 2.38. The van der Waals surface area contributed by atoms with Gasteiger partial charge in [-0.3, -0.25) is 9.69 Å². The van der Waals surface area contributed by atoms with E-state index < -0.39 is 0 Å². The van der Waals surface area contributed by atoms with Crippen molar-refractivity contribution < 1.29 is 19.4 Å². The number of piperidine rings is 1. The number of rotatable bonds is 3. The van der Waals surface area contributed by atoms with Crippen LogP contribution in [-0.4, -0.2) is 47.2 Å². The number of carbonyl (C=O) groups excluding carboxylic acids is 1. The summed E-state index contributed by atoms with van der Waals surface area (Å²) in [5.41, 5.74) is 3.49. The van der Waals surface area contributed by atoms with Gasteiger partial charge in [0.15, 0.2) is 11.5 Å². The maximum absolute atomic E-state index is 13.0. The van der Waals surface area contributed by atoms with E-state index in [0.29, 0.717) is 24.0 Å². The van der Waals surface area contributed by atoms with E-state index in [1.807, 2.05) is 11.0 Å². The normalized spacial score (nSPS) is 19.2. The summed E-state index contributed by atoms with van der Waals surface area (Å²) < 4.78 is 10.7. The number of phenolic OH excluding ortho intramolecular Hbond substituents is 1. The van der Waals surface area contributed by atoms with Crippen molar-refractivity contribution in [3.63, 3.8) is 0 Å². The molecule has 1 N–H and O–H groups in total. The molecule has 1 amide bonds. The topological polar surface area (TPSA) is 62.2 Å². The number of hydrogen-bond acceptors (Lipinski definition) is 5. The van der Waals surface area contributed by atoms with Crippen LogP contribution in [0.5, 0.6) is 17.2 Å². The van der Waals surface area contributed by atoms with Crippen molar-refractivity contribution in [2.24, 2.45) is 5.92 Å². The van der Waals surface area contributed by atoms with E-state index in [4.69, 9.17) is 9.47 Å². The second-order valence-corrected chi connectivity index (χ2v) is 8.16. The third-order valence-corrected chi connectivity index (χ3v) is 6.35. The van der Waals surface area contributed by atoms with E-state index >= 15 is 0 Å². The highest BCUT2D eigenvalue weighted by atomic mass is 16.7. The Hall–Kier alpha value is -2.73. The van der Waals surface area contributed by atoms with Gasteiger partial charge in [0, 0.05) is 37.2 Å². The number of likely N-dealkylation sites (tertiary alicyclic amines) is 1. The molecule has 0 spiro atoms. The van der Waals surface area contributed by atoms with Gasteiger partial charge < -0.3 is 19.5 Å². The van der Waals surface area contributed by atoms with Crippen LogP contribution in [0.2, 0.25) is 0 Å². The molecule has 1 saturated heterocycles. The van der Waals surface area contributed by atoms with E-state index in [0.717, 1.165) is 51.0 Å². The number of carbonyl (C=O) groups is 1. The molecule has 3 aliphatic rings. The Bertz CT molecular complexity index is 921. The molecule has 2 aromatic carbocycles. The van der Waals surface area contributed by atoms with Crippen LogP contribution >= 0.6 is 0 Å². The Balaban J connectivity index is 1.17. The molecule has 2 aromatic rings. The zero-order valence-electron chi connectivity index (χ0n) is 16.5. The quantitative estimate of drug-likeness (QED) is 0.867. The van der Waals surface area contributed by atoms with Crippen molar-refractivity contribution in [3.05, 3.63) is 53.1 Å². The molecule has 6 nitrogen and oxygen atoms in total. The van der Waals surface area contributed by atoms with Crippen LogP contribution in [0, 0.1) is 5.92 Å². The largest absolute Gasteiger partial charge is 0.507 e. The Morgan fingerprint density at radius 3 is 2.55 bits per heavy atom. The van der Waals surface area contributed by atoms with Crippen LogP contribution in [0.4, 0.5) is 0 Å². The lowest BCUT2D eigenvalue weighted by atomic mass is 9.92. The number of hydrogen-bond donors (Lipinski definition) is 1. The van der Waals surface area contributed by atoms with Gasteiger partial charge in [-0.25, -0.2) is 0 Å². The minimum absolute atomic E-state index is 0.0989. The van der Waals surface area contributed by atoms with Crippen LogP contribution in [0.25, 0.3) is 0 Å². The van der Waals surface area contributed by atoms with E-state index in [1.54, 1.807) is 6.07 Å². The number of benzene rings is 2. The van der Waals surface area contributed by atoms with Crippen molar-refractivity contribution in [1.29, 1.82) is 0 Å². The van der Waals surface area contributed by atoms with Gasteiger partial charge in [-0.1, -0.05) is 24.3 Å². The van der Waals surface area contributed by atoms with E-state index in [9.17, 15) is 9.90 Å². The fourth-order valence-electron chi connectivity index (χ4n) is 4.62. The predicted octanol–water partition coefficient (Wildman–Crippen LogP) is 2.92. The lowest BCUT2D eigenvalue weighted by molar-refractivity contribution is -0.138. The number of amides is 1. The van der Waals surface area contributed by atoms with Crippen LogP contribution in [-0.2, 0) is 24.3 Å². The highest BCUT2D eigenvalue weighted by molar-refractivity contribution is 5.79. The first-order valence-corrected chi connectivity index (χ1v) is 10.4. The van der Waals surface area contributed by atoms with Gasteiger partial charge in [0.1, 0.15) is 5.75 Å². The number of nitrogens with zero attached hydrogens (tertiary/aromatic N) is 2. The third-order valence-electron chi connectivity index (χ3n) is 6.35. The summed E-state index contributed by atoms with van der Waals surface area (Å²) in [4.78, 5) is 17.4. The van der Waals surface area contributed by atoms with Gasteiger partial charge in [-0.05, 0) is 49.5 Å². The fourth-order valence-corrected chi connectivity index (χ4v) is 4.62. The number of fused-ring (bicyclic) bond motifs is 2. The van der Waals surface area contributed by atoms with E-state index in [1.165, 1.54) is 11.1 Å². The summed E-state index contributed by atoms with van der Waals surface area (Å²) in [6, 6.07) is 11.9. The minimum Gasteiger partial charge on any atom is -0.507 e. The average molecular weight is 394 g/mol. The van der Waals surface area contributed by atoms with Crippen molar-refractivity contribution in [1.82, 2.24) is 9.80 Å². The Morgan fingerprint density at radius 1 is 1.03 bits per heavy atom. The molecule has 152 valence electrons. The zero-order valence-corrected chi connectivity index (χ0v) is 16.5. The summed E-state index contributed by atoms with van der Waals surface area (Å²) in [6.07, 6.45) is 2.68. The molecule has 0 unspecified atom stereocenters. The lowest BCUT2D eigenvalue weighted by Crippen LogP contribution is -2.44. The van der Waals surface area contributed by atoms with E-state index in [2.05, 4.69) is 29.2 Å². The van der Waals surface area contributed by atoms with Crippen molar-refractivity contribution in [3.8, 4) is 17.2 Å².